The van der Waals surface area contributed by atoms with Crippen molar-refractivity contribution in [2.45, 2.75) is 0 Å². The van der Waals surface area contributed by atoms with Gasteiger partial charge in [-0.2, -0.15) is 5.26 Å². The van der Waals surface area contributed by atoms with E-state index >= 15 is 0 Å². The molecule has 0 spiro atoms. The fourth-order valence-corrected chi connectivity index (χ4v) is 2.55. The Kier molecular flexibility index (Phi) is 4.57. The molecular weight excluding hydrogens is 347 g/mol. The number of anilines is 1. The molecule has 0 radical (unpaired) electrons. The summed E-state index contributed by atoms with van der Waals surface area (Å²) in [6.45, 7) is 0. The second-order valence-electron chi connectivity index (χ2n) is 4.90. The van der Waals surface area contributed by atoms with Crippen molar-refractivity contribution in [3.8, 4) is 17.4 Å². The zero-order chi connectivity index (χ0) is 17.1. The van der Waals surface area contributed by atoms with Gasteiger partial charge < -0.3 is 9.73 Å². The van der Waals surface area contributed by atoms with Gasteiger partial charge in [0.25, 0.3) is 5.91 Å². The predicted octanol–water partition coefficient (Wildman–Crippen LogP) is 5.38. The van der Waals surface area contributed by atoms with Gasteiger partial charge in [-0.15, -0.1) is 0 Å². The monoisotopic (exact) mass is 356 g/mol. The van der Waals surface area contributed by atoms with Crippen LogP contribution in [0.4, 0.5) is 5.69 Å². The lowest BCUT2D eigenvalue weighted by Crippen LogP contribution is -2.11. The molecule has 6 heteroatoms. The first kappa shape index (κ1) is 16.1. The lowest BCUT2D eigenvalue weighted by Gasteiger charge is -2.05. The van der Waals surface area contributed by atoms with Gasteiger partial charge in [0.15, 0.2) is 5.76 Å². The Morgan fingerprint density at radius 1 is 1.08 bits per heavy atom. The summed E-state index contributed by atoms with van der Waals surface area (Å²) >= 11 is 12.1. The fourth-order valence-electron chi connectivity index (χ4n) is 2.16. The predicted molar refractivity (Wildman–Crippen MR) is 93.3 cm³/mol. The molecule has 2 aromatic carbocycles. The highest BCUT2D eigenvalue weighted by molar-refractivity contribution is 6.35. The minimum absolute atomic E-state index is 0.105. The average molecular weight is 357 g/mol. The first-order chi connectivity index (χ1) is 11.6. The Balaban J connectivity index is 1.87. The average Bonchev–Trinajstić information content (AvgIpc) is 3.07. The number of nitriles is 1. The van der Waals surface area contributed by atoms with Crippen LogP contribution >= 0.6 is 23.2 Å². The highest BCUT2D eigenvalue weighted by Crippen LogP contribution is 2.32. The minimum atomic E-state index is -0.456. The smallest absolute Gasteiger partial charge is 0.291 e. The third-order valence-electron chi connectivity index (χ3n) is 3.32. The number of hydrogen-bond acceptors (Lipinski definition) is 3. The second kappa shape index (κ2) is 6.79. The SMILES string of the molecule is N#Cc1ccccc1NC(=O)c1ccc(-c2cc(Cl)ccc2Cl)o1. The number of amides is 1. The number of carbonyl (C=O) groups is 1. The van der Waals surface area contributed by atoms with Gasteiger partial charge >= 0.3 is 0 Å². The first-order valence-electron chi connectivity index (χ1n) is 6.94. The van der Waals surface area contributed by atoms with Gasteiger partial charge in [0.1, 0.15) is 11.8 Å². The number of nitrogens with one attached hydrogen (secondary N) is 1. The Labute approximate surface area is 148 Å². The molecule has 0 aliphatic carbocycles. The van der Waals surface area contributed by atoms with E-state index < -0.39 is 5.91 Å². The molecule has 4 nitrogen and oxygen atoms in total. The number of carbonyl (C=O) groups excluding carboxylic acids is 1. The topological polar surface area (TPSA) is 66.0 Å². The van der Waals surface area contributed by atoms with Crippen LogP contribution in [0, 0.1) is 11.3 Å². The van der Waals surface area contributed by atoms with E-state index in [4.69, 9.17) is 32.9 Å². The van der Waals surface area contributed by atoms with Gasteiger partial charge in [-0.05, 0) is 42.5 Å². The Morgan fingerprint density at radius 2 is 1.88 bits per heavy atom. The van der Waals surface area contributed by atoms with Gasteiger partial charge in [0.05, 0.1) is 16.3 Å². The molecule has 0 aliphatic heterocycles. The fraction of sp³-hybridized carbons (Fsp3) is 0. The van der Waals surface area contributed by atoms with Gasteiger partial charge in [-0.1, -0.05) is 35.3 Å². The normalized spacial score (nSPS) is 10.2. The van der Waals surface area contributed by atoms with E-state index in [9.17, 15) is 4.79 Å². The molecule has 1 amide bonds. The van der Waals surface area contributed by atoms with Crippen molar-refractivity contribution in [2.24, 2.45) is 0 Å². The van der Waals surface area contributed by atoms with Crippen LogP contribution in [0.15, 0.2) is 59.0 Å². The largest absolute Gasteiger partial charge is 0.451 e. The Bertz CT molecular complexity index is 958. The highest BCUT2D eigenvalue weighted by Gasteiger charge is 2.15. The van der Waals surface area contributed by atoms with Gasteiger partial charge in [0, 0.05) is 10.6 Å². The molecule has 0 saturated carbocycles. The zero-order valence-corrected chi connectivity index (χ0v) is 13.7. The molecule has 0 saturated heterocycles. The number of furan rings is 1. The number of halogens is 2. The zero-order valence-electron chi connectivity index (χ0n) is 12.2. The number of para-hydroxylation sites is 1. The van der Waals surface area contributed by atoms with Crippen molar-refractivity contribution in [1.82, 2.24) is 0 Å². The van der Waals surface area contributed by atoms with E-state index in [1.165, 1.54) is 6.07 Å². The Hall–Kier alpha value is -2.74. The molecule has 1 aromatic heterocycles. The summed E-state index contributed by atoms with van der Waals surface area (Å²) in [5.41, 5.74) is 1.39. The molecule has 3 rings (SSSR count). The summed E-state index contributed by atoms with van der Waals surface area (Å²) in [6, 6.07) is 16.9. The highest BCUT2D eigenvalue weighted by atomic mass is 35.5. The van der Waals surface area contributed by atoms with E-state index in [0.29, 0.717) is 32.6 Å². The summed E-state index contributed by atoms with van der Waals surface area (Å²) in [7, 11) is 0. The molecule has 3 aromatic rings. The number of benzene rings is 2. The van der Waals surface area contributed by atoms with Crippen molar-refractivity contribution in [1.29, 1.82) is 5.26 Å². The van der Waals surface area contributed by atoms with Crippen LogP contribution in [0.5, 0.6) is 0 Å². The molecule has 0 fully saturated rings. The Morgan fingerprint density at radius 3 is 2.67 bits per heavy atom. The summed E-state index contributed by atoms with van der Waals surface area (Å²) in [6.07, 6.45) is 0. The minimum Gasteiger partial charge on any atom is -0.451 e. The summed E-state index contributed by atoms with van der Waals surface area (Å²) in [5, 5.41) is 12.7. The van der Waals surface area contributed by atoms with E-state index in [1.54, 1.807) is 48.5 Å². The molecule has 0 bridgehead atoms. The van der Waals surface area contributed by atoms with Crippen LogP contribution in [0.1, 0.15) is 16.1 Å². The van der Waals surface area contributed by atoms with Crippen molar-refractivity contribution in [2.75, 3.05) is 5.32 Å². The maximum absolute atomic E-state index is 12.3. The second-order valence-corrected chi connectivity index (χ2v) is 5.74. The molecule has 0 atom stereocenters. The molecule has 1 N–H and O–H groups in total. The molecular formula is C18H10Cl2N2O2. The van der Waals surface area contributed by atoms with Crippen molar-refractivity contribution >= 4 is 34.8 Å². The van der Waals surface area contributed by atoms with Crippen molar-refractivity contribution < 1.29 is 9.21 Å². The third-order valence-corrected chi connectivity index (χ3v) is 3.88. The van der Waals surface area contributed by atoms with Crippen molar-refractivity contribution in [3.05, 3.63) is 76.0 Å². The molecule has 24 heavy (non-hydrogen) atoms. The van der Waals surface area contributed by atoms with E-state index in [0.717, 1.165) is 0 Å². The molecule has 0 unspecified atom stereocenters. The van der Waals surface area contributed by atoms with E-state index in [1.807, 2.05) is 6.07 Å². The first-order valence-corrected chi connectivity index (χ1v) is 7.70. The van der Waals surface area contributed by atoms with E-state index in [-0.39, 0.29) is 5.76 Å². The lowest BCUT2D eigenvalue weighted by molar-refractivity contribution is 0.0997. The van der Waals surface area contributed by atoms with Crippen LogP contribution in [0.25, 0.3) is 11.3 Å². The maximum atomic E-state index is 12.3. The van der Waals surface area contributed by atoms with Crippen molar-refractivity contribution in [3.63, 3.8) is 0 Å². The van der Waals surface area contributed by atoms with Crippen LogP contribution in [0.2, 0.25) is 10.0 Å². The maximum Gasteiger partial charge on any atom is 0.291 e. The quantitative estimate of drug-likeness (QED) is 0.685. The molecule has 118 valence electrons. The summed E-state index contributed by atoms with van der Waals surface area (Å²) in [5.74, 6) is 0.0807. The van der Waals surface area contributed by atoms with Crippen LogP contribution < -0.4 is 5.32 Å². The molecule has 1 heterocycles. The summed E-state index contributed by atoms with van der Waals surface area (Å²) < 4.78 is 5.58. The van der Waals surface area contributed by atoms with Gasteiger partial charge in [0.2, 0.25) is 0 Å². The standard InChI is InChI=1S/C18H10Cl2N2O2/c19-12-5-6-14(20)13(9-12)16-7-8-17(24-16)18(23)22-15-4-2-1-3-11(15)10-21/h1-9H,(H,22,23). The van der Waals surface area contributed by atoms with Crippen LogP contribution in [0.3, 0.4) is 0 Å². The molecule has 0 aliphatic rings. The van der Waals surface area contributed by atoms with Gasteiger partial charge in [-0.3, -0.25) is 4.79 Å². The number of rotatable bonds is 3. The lowest BCUT2D eigenvalue weighted by atomic mass is 10.2. The number of nitrogens with zero attached hydrogens (tertiary/aromatic N) is 1. The third kappa shape index (κ3) is 3.28. The van der Waals surface area contributed by atoms with Crippen LogP contribution in [-0.4, -0.2) is 5.91 Å². The van der Waals surface area contributed by atoms with E-state index in [2.05, 4.69) is 5.32 Å². The van der Waals surface area contributed by atoms with Gasteiger partial charge in [-0.25, -0.2) is 0 Å². The van der Waals surface area contributed by atoms with Crippen LogP contribution in [-0.2, 0) is 0 Å². The summed E-state index contributed by atoms with van der Waals surface area (Å²) in [4.78, 5) is 12.3. The number of hydrogen-bond donors (Lipinski definition) is 1.